The van der Waals surface area contributed by atoms with Gasteiger partial charge >= 0.3 is 6.09 Å². The molecule has 1 aromatic carbocycles. The molecule has 3 atom stereocenters. The molecule has 0 saturated carbocycles. The highest BCUT2D eigenvalue weighted by Gasteiger charge is 2.39. The number of fused-ring (bicyclic) bond motifs is 1. The predicted molar refractivity (Wildman–Crippen MR) is 184 cm³/mol. The Bertz CT molecular complexity index is 1430. The number of hydrogen-bond donors (Lipinski definition) is 2. The largest absolute Gasteiger partial charge is 0.446 e. The third-order valence-electron chi connectivity index (χ3n) is 8.72. The number of benzene rings is 1. The van der Waals surface area contributed by atoms with Gasteiger partial charge in [0, 0.05) is 58.2 Å². The van der Waals surface area contributed by atoms with Crippen LogP contribution in [0.2, 0.25) is 5.02 Å². The zero-order chi connectivity index (χ0) is 33.9. The number of aryl methyl sites for hydroxylation is 1. The van der Waals surface area contributed by atoms with Crippen molar-refractivity contribution >= 4 is 29.2 Å². The summed E-state index contributed by atoms with van der Waals surface area (Å²) in [5.41, 5.74) is 4.69. The summed E-state index contributed by atoms with van der Waals surface area (Å²) in [5, 5.41) is 7.28. The van der Waals surface area contributed by atoms with Crippen molar-refractivity contribution in [3.8, 4) is 0 Å². The van der Waals surface area contributed by atoms with Gasteiger partial charge in [0.05, 0.1) is 49.6 Å². The van der Waals surface area contributed by atoms with Gasteiger partial charge in [0.2, 0.25) is 5.91 Å². The Kier molecular flexibility index (Phi) is 13.5. The van der Waals surface area contributed by atoms with Gasteiger partial charge in [0.1, 0.15) is 12.7 Å². The Morgan fingerprint density at radius 2 is 1.91 bits per heavy atom. The number of amides is 2. The summed E-state index contributed by atoms with van der Waals surface area (Å²) in [6.07, 6.45) is 10.5. The molecule has 2 amide bonds. The summed E-state index contributed by atoms with van der Waals surface area (Å²) >= 11 is 6.67. The van der Waals surface area contributed by atoms with E-state index in [0.717, 1.165) is 40.8 Å². The van der Waals surface area contributed by atoms with Crippen molar-refractivity contribution < 1.29 is 23.8 Å². The van der Waals surface area contributed by atoms with Crippen LogP contribution in [-0.2, 0) is 26.1 Å². The number of aromatic nitrogens is 2. The van der Waals surface area contributed by atoms with E-state index in [0.29, 0.717) is 44.4 Å². The third-order valence-corrected chi connectivity index (χ3v) is 8.95. The van der Waals surface area contributed by atoms with Crippen LogP contribution in [0.1, 0.15) is 62.5 Å². The predicted octanol–water partition coefficient (Wildman–Crippen LogP) is 5.02. The maximum absolute atomic E-state index is 13.0. The van der Waals surface area contributed by atoms with Crippen molar-refractivity contribution in [3.05, 3.63) is 83.1 Å². The first-order valence-corrected chi connectivity index (χ1v) is 16.8. The Morgan fingerprint density at radius 3 is 2.53 bits per heavy atom. The highest BCUT2D eigenvalue weighted by atomic mass is 35.5. The van der Waals surface area contributed by atoms with Crippen LogP contribution in [0.25, 0.3) is 5.57 Å². The highest BCUT2D eigenvalue weighted by molar-refractivity contribution is 6.30. The smallest absolute Gasteiger partial charge is 0.410 e. The molecule has 2 fully saturated rings. The number of rotatable bonds is 9. The summed E-state index contributed by atoms with van der Waals surface area (Å²) in [6.45, 7) is 13.5. The molecule has 0 spiro atoms. The lowest BCUT2D eigenvalue weighted by molar-refractivity contribution is -0.125. The molecule has 12 heteroatoms. The van der Waals surface area contributed by atoms with E-state index in [9.17, 15) is 9.59 Å². The van der Waals surface area contributed by atoms with Crippen LogP contribution in [0.3, 0.4) is 0 Å². The molecule has 0 radical (unpaired) electrons. The Labute approximate surface area is 283 Å². The molecule has 47 heavy (non-hydrogen) atoms. The molecular formula is C35H49ClN6O5. The molecule has 3 aliphatic rings. The van der Waals surface area contributed by atoms with E-state index in [1.165, 1.54) is 7.11 Å². The monoisotopic (exact) mass is 668 g/mol. The summed E-state index contributed by atoms with van der Waals surface area (Å²) in [6, 6.07) is 5.09. The number of imidazole rings is 1. The van der Waals surface area contributed by atoms with Gasteiger partial charge in [-0.25, -0.2) is 9.78 Å². The van der Waals surface area contributed by atoms with Crippen LogP contribution in [0.5, 0.6) is 0 Å². The lowest BCUT2D eigenvalue weighted by Gasteiger charge is -2.43. The molecule has 1 aromatic heterocycles. The Morgan fingerprint density at radius 1 is 1.19 bits per heavy atom. The molecule has 2 aliphatic heterocycles. The minimum atomic E-state index is -0.535. The topological polar surface area (TPSA) is 110 Å². The molecule has 1 aliphatic carbocycles. The fourth-order valence-corrected chi connectivity index (χ4v) is 6.62. The minimum Gasteiger partial charge on any atom is -0.446 e. The van der Waals surface area contributed by atoms with Crippen LogP contribution < -0.4 is 10.6 Å². The van der Waals surface area contributed by atoms with E-state index in [-0.39, 0.29) is 36.8 Å². The average Bonchev–Trinajstić information content (AvgIpc) is 3.46. The average molecular weight is 669 g/mol. The zero-order valence-corrected chi connectivity index (χ0v) is 29.0. The first-order valence-electron chi connectivity index (χ1n) is 16.4. The van der Waals surface area contributed by atoms with Gasteiger partial charge in [-0.05, 0) is 47.5 Å². The number of ether oxygens (including phenoxy) is 3. The van der Waals surface area contributed by atoms with E-state index in [2.05, 4.69) is 45.3 Å². The van der Waals surface area contributed by atoms with E-state index in [1.54, 1.807) is 23.6 Å². The maximum atomic E-state index is 13.0. The maximum Gasteiger partial charge on any atom is 0.410 e. The zero-order valence-electron chi connectivity index (χ0n) is 28.2. The first kappa shape index (κ1) is 36.2. The summed E-state index contributed by atoms with van der Waals surface area (Å²) in [4.78, 5) is 34.6. The fourth-order valence-electron chi connectivity index (χ4n) is 6.45. The van der Waals surface area contributed by atoms with Crippen molar-refractivity contribution in [1.82, 2.24) is 30.0 Å². The molecule has 11 nitrogen and oxygen atoms in total. The number of hydrogen-bond acceptors (Lipinski definition) is 8. The van der Waals surface area contributed by atoms with Crippen LogP contribution in [0.4, 0.5) is 4.79 Å². The molecular weight excluding hydrogens is 620 g/mol. The van der Waals surface area contributed by atoms with Gasteiger partial charge < -0.3 is 34.3 Å². The standard InChI is InChI=1S/C33H43ClN6O5.C2H6/c1-5-22-17-27(31(37-29(41)20-43-4)28-19-35-21-38(28)3)26-18-23(34)7-8-25(26)32(30(22)36-6-2)39-11-13-40(14-12-39)33(42)45-24-9-15-44-16-10-24;1-2/h5-8,17-19,21,24,30-32,36H,2,9-16,20H2,1,3-4H3,(H,37,41);1-2H3/b22-5-;/t30?,31-,32+;/m1./s1. The minimum absolute atomic E-state index is 0.0784. The third kappa shape index (κ3) is 8.64. The van der Waals surface area contributed by atoms with Crippen molar-refractivity contribution in [1.29, 1.82) is 0 Å². The molecule has 3 heterocycles. The van der Waals surface area contributed by atoms with E-state index in [1.807, 2.05) is 44.5 Å². The van der Waals surface area contributed by atoms with Crippen LogP contribution in [0.15, 0.2) is 61.2 Å². The first-order chi connectivity index (χ1) is 22.8. The second-order valence-corrected chi connectivity index (χ2v) is 11.9. The van der Waals surface area contributed by atoms with Crippen molar-refractivity contribution in [3.63, 3.8) is 0 Å². The van der Waals surface area contributed by atoms with Gasteiger partial charge in [0.15, 0.2) is 0 Å². The molecule has 256 valence electrons. The van der Waals surface area contributed by atoms with Gasteiger partial charge in [-0.15, -0.1) is 0 Å². The summed E-state index contributed by atoms with van der Waals surface area (Å²) < 4.78 is 18.3. The molecule has 1 unspecified atom stereocenters. The molecule has 5 rings (SSSR count). The van der Waals surface area contributed by atoms with Crippen LogP contribution in [0, 0.1) is 0 Å². The quantitative estimate of drug-likeness (QED) is 0.383. The Balaban J connectivity index is 0.00000245. The SMILES string of the molecule is C=CNC1/C(=C\C)C=C([C@@H](NC(=O)COC)c2cncn2C)c2cc(Cl)ccc2[C@@H]1N1CCN(C(=O)OC2CCOCC2)CC1.CC. The Hall–Kier alpha value is -3.64. The van der Waals surface area contributed by atoms with Crippen molar-refractivity contribution in [2.45, 2.75) is 57.8 Å². The number of carbonyl (C=O) groups excluding carboxylic acids is 2. The van der Waals surface area contributed by atoms with Crippen LogP contribution >= 0.6 is 11.6 Å². The van der Waals surface area contributed by atoms with Crippen molar-refractivity contribution in [2.75, 3.05) is 53.1 Å². The number of allylic oxidation sites excluding steroid dienone is 1. The molecule has 0 bridgehead atoms. The normalized spacial score (nSPS) is 21.8. The number of piperazine rings is 1. The van der Waals surface area contributed by atoms with Gasteiger partial charge in [-0.3, -0.25) is 9.69 Å². The lowest BCUT2D eigenvalue weighted by atomic mass is 9.89. The number of methoxy groups -OCH3 is 1. The second-order valence-electron chi connectivity index (χ2n) is 11.5. The molecule has 2 aromatic rings. The molecule has 2 saturated heterocycles. The number of halogens is 1. The second kappa shape index (κ2) is 17.5. The summed E-state index contributed by atoms with van der Waals surface area (Å²) in [5.74, 6) is -0.250. The molecule has 2 N–H and O–H groups in total. The number of nitrogens with one attached hydrogen (secondary N) is 2. The van der Waals surface area contributed by atoms with E-state index >= 15 is 0 Å². The number of carbonyl (C=O) groups is 2. The highest BCUT2D eigenvalue weighted by Crippen LogP contribution is 2.43. The number of nitrogens with zero attached hydrogens (tertiary/aromatic N) is 4. The lowest BCUT2D eigenvalue weighted by Crippen LogP contribution is -2.53. The fraction of sp³-hybridized carbons (Fsp3) is 0.514. The van der Waals surface area contributed by atoms with Crippen molar-refractivity contribution in [2.24, 2.45) is 7.05 Å². The van der Waals surface area contributed by atoms with Gasteiger partial charge in [-0.2, -0.15) is 0 Å². The summed E-state index contributed by atoms with van der Waals surface area (Å²) in [7, 11) is 3.40. The van der Waals surface area contributed by atoms with E-state index < -0.39 is 6.04 Å². The van der Waals surface area contributed by atoms with E-state index in [4.69, 9.17) is 25.8 Å². The van der Waals surface area contributed by atoms with Crippen LogP contribution in [-0.4, -0.2) is 96.6 Å². The van der Waals surface area contributed by atoms with Gasteiger partial charge in [0.25, 0.3) is 0 Å². The van der Waals surface area contributed by atoms with Gasteiger partial charge in [-0.1, -0.05) is 50.2 Å².